The zero-order valence-electron chi connectivity index (χ0n) is 10.1. The van der Waals surface area contributed by atoms with E-state index in [0.717, 1.165) is 0 Å². The molecule has 0 heterocycles. The molecule has 0 aromatic rings. The first-order valence-electron chi connectivity index (χ1n) is 5.48. The Balaban J connectivity index is 3.09. The molecule has 0 saturated carbocycles. The van der Waals surface area contributed by atoms with E-state index in [9.17, 15) is 5.11 Å². The van der Waals surface area contributed by atoms with E-state index in [1.165, 1.54) is 0 Å². The molecule has 2 N–H and O–H groups in total. The lowest BCUT2D eigenvalue weighted by molar-refractivity contribution is -0.0350. The monoisotopic (exact) mass is 237 g/mol. The Labute approximate surface area is 96.8 Å². The smallest absolute Gasteiger partial charge is 0.0920 e. The average molecular weight is 237 g/mol. The number of hydrogen-bond acceptors (Lipinski definition) is 6. The second kappa shape index (κ2) is 12.8. The van der Waals surface area contributed by atoms with Crippen molar-refractivity contribution in [3.8, 4) is 0 Å². The molecule has 6 heteroatoms. The first kappa shape index (κ1) is 15.8. The fraction of sp³-hybridized carbons (Fsp3) is 1.00. The predicted molar refractivity (Wildman–Crippen MR) is 59.1 cm³/mol. The van der Waals surface area contributed by atoms with Gasteiger partial charge >= 0.3 is 0 Å². The average Bonchev–Trinajstić information content (AvgIpc) is 2.28. The molecule has 0 aromatic carbocycles. The summed E-state index contributed by atoms with van der Waals surface area (Å²) in [5.41, 5.74) is 2.63. The Morgan fingerprint density at radius 3 is 2.56 bits per heavy atom. The zero-order chi connectivity index (χ0) is 12.1. The van der Waals surface area contributed by atoms with Crippen LogP contribution >= 0.6 is 0 Å². The van der Waals surface area contributed by atoms with Gasteiger partial charge in [0, 0.05) is 20.3 Å². The van der Waals surface area contributed by atoms with Crippen LogP contribution in [0.1, 0.15) is 6.92 Å². The Hall–Kier alpha value is -0.240. The predicted octanol–water partition coefficient (Wildman–Crippen LogP) is -0.432. The highest BCUT2D eigenvalue weighted by Crippen LogP contribution is 1.85. The van der Waals surface area contributed by atoms with Crippen molar-refractivity contribution in [1.29, 1.82) is 0 Å². The third kappa shape index (κ3) is 11.8. The molecule has 0 aliphatic carbocycles. The molecule has 0 rings (SSSR count). The van der Waals surface area contributed by atoms with Gasteiger partial charge in [-0.3, -0.25) is 4.84 Å². The molecule has 1 atom stereocenters. The molecule has 0 saturated heterocycles. The topological polar surface area (TPSA) is 69.2 Å². The first-order valence-corrected chi connectivity index (χ1v) is 5.48. The summed E-state index contributed by atoms with van der Waals surface area (Å²) < 4.78 is 15.0. The second-order valence-corrected chi connectivity index (χ2v) is 3.12. The fourth-order valence-corrected chi connectivity index (χ4v) is 0.893. The second-order valence-electron chi connectivity index (χ2n) is 3.12. The van der Waals surface area contributed by atoms with E-state index in [2.05, 4.69) is 5.48 Å². The molecule has 0 bridgehead atoms. The van der Waals surface area contributed by atoms with Gasteiger partial charge in [-0.1, -0.05) is 0 Å². The van der Waals surface area contributed by atoms with Crippen LogP contribution < -0.4 is 5.48 Å². The molecule has 0 spiro atoms. The van der Waals surface area contributed by atoms with Crippen LogP contribution in [0.25, 0.3) is 0 Å². The van der Waals surface area contributed by atoms with Crippen LogP contribution in [0.2, 0.25) is 0 Å². The van der Waals surface area contributed by atoms with Crippen molar-refractivity contribution in [3.63, 3.8) is 0 Å². The third-order valence-corrected chi connectivity index (χ3v) is 1.70. The normalized spacial score (nSPS) is 12.9. The van der Waals surface area contributed by atoms with Gasteiger partial charge in [0.05, 0.1) is 39.1 Å². The molecular weight excluding hydrogens is 214 g/mol. The molecule has 16 heavy (non-hydrogen) atoms. The van der Waals surface area contributed by atoms with Gasteiger partial charge in [-0.25, -0.2) is 0 Å². The molecule has 1 unspecified atom stereocenters. The molecule has 98 valence electrons. The molecule has 0 aromatic heterocycles. The molecule has 6 nitrogen and oxygen atoms in total. The van der Waals surface area contributed by atoms with Gasteiger partial charge in [-0.2, -0.15) is 5.48 Å². The minimum Gasteiger partial charge on any atom is -0.389 e. The summed E-state index contributed by atoms with van der Waals surface area (Å²) in [5.74, 6) is 0. The fourth-order valence-electron chi connectivity index (χ4n) is 0.893. The highest BCUT2D eigenvalue weighted by molar-refractivity contribution is 4.53. The van der Waals surface area contributed by atoms with Crippen LogP contribution in [0.4, 0.5) is 0 Å². The van der Waals surface area contributed by atoms with E-state index in [-0.39, 0.29) is 6.61 Å². The number of hydroxylamine groups is 1. The van der Waals surface area contributed by atoms with Crippen LogP contribution in [0, 0.1) is 0 Å². The molecular formula is C10H23NO5. The van der Waals surface area contributed by atoms with Crippen LogP contribution in [-0.2, 0) is 19.0 Å². The third-order valence-electron chi connectivity index (χ3n) is 1.70. The van der Waals surface area contributed by atoms with Crippen molar-refractivity contribution < 1.29 is 24.2 Å². The lowest BCUT2D eigenvalue weighted by Gasteiger charge is -2.12. The van der Waals surface area contributed by atoms with Gasteiger partial charge in [0.1, 0.15) is 0 Å². The molecule has 0 aliphatic heterocycles. The van der Waals surface area contributed by atoms with Crippen molar-refractivity contribution >= 4 is 0 Å². The highest BCUT2D eigenvalue weighted by Gasteiger charge is 2.03. The summed E-state index contributed by atoms with van der Waals surface area (Å²) in [4.78, 5) is 4.97. The molecule has 0 radical (unpaired) electrons. The molecule has 0 fully saturated rings. The van der Waals surface area contributed by atoms with E-state index >= 15 is 0 Å². The van der Waals surface area contributed by atoms with Crippen LogP contribution in [0.15, 0.2) is 0 Å². The number of rotatable bonds is 12. The minimum atomic E-state index is -0.579. The summed E-state index contributed by atoms with van der Waals surface area (Å²) in [7, 11) is 1.60. The van der Waals surface area contributed by atoms with Crippen molar-refractivity contribution in [1.82, 2.24) is 5.48 Å². The van der Waals surface area contributed by atoms with Gasteiger partial charge in [0.2, 0.25) is 0 Å². The van der Waals surface area contributed by atoms with E-state index in [1.54, 1.807) is 7.11 Å². The van der Waals surface area contributed by atoms with Gasteiger partial charge in [-0.05, 0) is 6.92 Å². The van der Waals surface area contributed by atoms with Crippen molar-refractivity contribution in [2.45, 2.75) is 13.0 Å². The van der Waals surface area contributed by atoms with Crippen molar-refractivity contribution in [2.75, 3.05) is 53.3 Å². The van der Waals surface area contributed by atoms with Gasteiger partial charge < -0.3 is 19.3 Å². The lowest BCUT2D eigenvalue weighted by Crippen LogP contribution is -2.31. The quantitative estimate of drug-likeness (QED) is 0.354. The minimum absolute atomic E-state index is 0.272. The van der Waals surface area contributed by atoms with Gasteiger partial charge in [0.15, 0.2) is 0 Å². The maximum Gasteiger partial charge on any atom is 0.0920 e. The summed E-state index contributed by atoms with van der Waals surface area (Å²) in [6.07, 6.45) is -0.579. The van der Waals surface area contributed by atoms with E-state index in [0.29, 0.717) is 39.6 Å². The van der Waals surface area contributed by atoms with Crippen molar-refractivity contribution in [2.24, 2.45) is 0 Å². The summed E-state index contributed by atoms with van der Waals surface area (Å²) in [6.45, 7) is 5.24. The van der Waals surface area contributed by atoms with Crippen molar-refractivity contribution in [3.05, 3.63) is 0 Å². The standard InChI is InChI=1S/C10H23NO5/c1-3-14-5-6-15-9-10(12)8-11-16-7-4-13-2/h10-12H,3-9H2,1-2H3. The largest absolute Gasteiger partial charge is 0.389 e. The maximum atomic E-state index is 9.42. The van der Waals surface area contributed by atoms with Crippen LogP contribution in [0.3, 0.4) is 0 Å². The summed E-state index contributed by atoms with van der Waals surface area (Å²) in [5, 5.41) is 9.42. The number of ether oxygens (including phenoxy) is 3. The Morgan fingerprint density at radius 2 is 1.88 bits per heavy atom. The van der Waals surface area contributed by atoms with Gasteiger partial charge in [-0.15, -0.1) is 0 Å². The molecule has 0 amide bonds. The van der Waals surface area contributed by atoms with E-state index < -0.39 is 6.10 Å². The Morgan fingerprint density at radius 1 is 1.12 bits per heavy atom. The first-order chi connectivity index (χ1) is 7.81. The maximum absolute atomic E-state index is 9.42. The lowest BCUT2D eigenvalue weighted by atomic mass is 10.4. The Bertz CT molecular complexity index is 122. The zero-order valence-corrected chi connectivity index (χ0v) is 10.1. The number of aliphatic hydroxyl groups excluding tert-OH is 1. The van der Waals surface area contributed by atoms with Gasteiger partial charge in [0.25, 0.3) is 0 Å². The summed E-state index contributed by atoms with van der Waals surface area (Å²) >= 11 is 0. The number of aliphatic hydroxyl groups is 1. The summed E-state index contributed by atoms with van der Waals surface area (Å²) in [6, 6.07) is 0. The van der Waals surface area contributed by atoms with Crippen LogP contribution in [-0.4, -0.2) is 64.5 Å². The number of hydrogen-bond donors (Lipinski definition) is 2. The van der Waals surface area contributed by atoms with E-state index in [1.807, 2.05) is 6.92 Å². The van der Waals surface area contributed by atoms with E-state index in [4.69, 9.17) is 19.0 Å². The highest BCUT2D eigenvalue weighted by atomic mass is 16.7. The molecule has 0 aliphatic rings. The number of methoxy groups -OCH3 is 1. The Kier molecular flexibility index (Phi) is 12.6. The SMILES string of the molecule is CCOCCOCC(O)CNOCCOC. The number of nitrogens with one attached hydrogen (secondary N) is 1. The van der Waals surface area contributed by atoms with Crippen LogP contribution in [0.5, 0.6) is 0 Å².